The van der Waals surface area contributed by atoms with Gasteiger partial charge in [0.15, 0.2) is 17.1 Å². The lowest BCUT2D eigenvalue weighted by Crippen LogP contribution is -2.30. The Morgan fingerprint density at radius 3 is 2.58 bits per heavy atom. The van der Waals surface area contributed by atoms with Crippen molar-refractivity contribution >= 4 is 17.1 Å². The van der Waals surface area contributed by atoms with Gasteiger partial charge in [0.1, 0.15) is 11.3 Å². The first-order valence-electron chi connectivity index (χ1n) is 7.73. The second kappa shape index (κ2) is 5.70. The third-order valence-electron chi connectivity index (χ3n) is 4.33. The van der Waals surface area contributed by atoms with Crippen molar-refractivity contribution in [2.75, 3.05) is 25.7 Å². The summed E-state index contributed by atoms with van der Waals surface area (Å²) in [6.45, 7) is 1.43. The van der Waals surface area contributed by atoms with Gasteiger partial charge in [-0.25, -0.2) is 4.39 Å². The van der Waals surface area contributed by atoms with E-state index < -0.39 is 0 Å². The van der Waals surface area contributed by atoms with Crippen LogP contribution in [0.25, 0.3) is 11.1 Å². The van der Waals surface area contributed by atoms with Gasteiger partial charge in [0, 0.05) is 19.2 Å². The standard InChI is InChI=1S/C18H17FN2O3/c1-22-16-7-11-5-6-21(10-12(11)8-17(16)23-2)18-20-14-4-3-13(19)9-15(14)24-18/h3-4,7-9H,5-6,10H2,1-2H3. The monoisotopic (exact) mass is 328 g/mol. The first kappa shape index (κ1) is 14.8. The SMILES string of the molecule is COc1cc2c(cc1OC)CN(c1nc3ccc(F)cc3o1)CC2. The highest BCUT2D eigenvalue weighted by molar-refractivity contribution is 5.74. The van der Waals surface area contributed by atoms with Crippen molar-refractivity contribution < 1.29 is 18.3 Å². The predicted molar refractivity (Wildman–Crippen MR) is 88.3 cm³/mol. The van der Waals surface area contributed by atoms with Crippen LogP contribution in [0.1, 0.15) is 11.1 Å². The van der Waals surface area contributed by atoms with Crippen molar-refractivity contribution in [3.8, 4) is 11.5 Å². The van der Waals surface area contributed by atoms with Crippen LogP contribution in [-0.2, 0) is 13.0 Å². The summed E-state index contributed by atoms with van der Waals surface area (Å²) in [5, 5.41) is 0. The largest absolute Gasteiger partial charge is 0.493 e. The van der Waals surface area contributed by atoms with Gasteiger partial charge in [-0.2, -0.15) is 4.98 Å². The summed E-state index contributed by atoms with van der Waals surface area (Å²) in [7, 11) is 3.26. The first-order valence-corrected chi connectivity index (χ1v) is 7.73. The zero-order valence-electron chi connectivity index (χ0n) is 13.5. The van der Waals surface area contributed by atoms with Gasteiger partial charge in [-0.3, -0.25) is 0 Å². The van der Waals surface area contributed by atoms with Gasteiger partial charge in [-0.1, -0.05) is 0 Å². The molecule has 124 valence electrons. The van der Waals surface area contributed by atoms with Crippen LogP contribution < -0.4 is 14.4 Å². The molecule has 0 fully saturated rings. The molecular formula is C18H17FN2O3. The number of oxazole rings is 1. The average molecular weight is 328 g/mol. The highest BCUT2D eigenvalue weighted by Crippen LogP contribution is 2.34. The Bertz CT molecular complexity index is 907. The van der Waals surface area contributed by atoms with Crippen molar-refractivity contribution in [2.24, 2.45) is 0 Å². The lowest BCUT2D eigenvalue weighted by Gasteiger charge is -2.28. The normalized spacial score (nSPS) is 13.9. The summed E-state index contributed by atoms with van der Waals surface area (Å²) in [5.74, 6) is 1.12. The van der Waals surface area contributed by atoms with Crippen LogP contribution in [0.4, 0.5) is 10.4 Å². The predicted octanol–water partition coefficient (Wildman–Crippen LogP) is 3.55. The molecule has 6 heteroatoms. The number of hydrogen-bond donors (Lipinski definition) is 0. The Morgan fingerprint density at radius 1 is 1.08 bits per heavy atom. The number of aromatic nitrogens is 1. The first-order chi connectivity index (χ1) is 11.7. The van der Waals surface area contributed by atoms with Crippen LogP contribution in [0, 0.1) is 5.82 Å². The Morgan fingerprint density at radius 2 is 1.83 bits per heavy atom. The number of hydrogen-bond acceptors (Lipinski definition) is 5. The van der Waals surface area contributed by atoms with Crippen molar-refractivity contribution in [1.82, 2.24) is 4.98 Å². The van der Waals surface area contributed by atoms with Crippen molar-refractivity contribution in [1.29, 1.82) is 0 Å². The van der Waals surface area contributed by atoms with Crippen molar-refractivity contribution in [2.45, 2.75) is 13.0 Å². The smallest absolute Gasteiger partial charge is 0.298 e. The molecule has 0 atom stereocenters. The second-order valence-electron chi connectivity index (χ2n) is 5.76. The molecule has 2 aromatic carbocycles. The van der Waals surface area contributed by atoms with E-state index in [-0.39, 0.29) is 5.82 Å². The van der Waals surface area contributed by atoms with Crippen LogP contribution in [0.5, 0.6) is 11.5 Å². The minimum Gasteiger partial charge on any atom is -0.493 e. The molecule has 2 heterocycles. The maximum Gasteiger partial charge on any atom is 0.298 e. The molecule has 0 amide bonds. The maximum atomic E-state index is 13.3. The van der Waals surface area contributed by atoms with E-state index in [9.17, 15) is 4.39 Å². The topological polar surface area (TPSA) is 47.7 Å². The average Bonchev–Trinajstić information content (AvgIpc) is 3.03. The number of ether oxygens (including phenoxy) is 2. The van der Waals surface area contributed by atoms with E-state index in [1.54, 1.807) is 20.3 Å². The van der Waals surface area contributed by atoms with E-state index in [4.69, 9.17) is 13.9 Å². The van der Waals surface area contributed by atoms with Crippen LogP contribution in [-0.4, -0.2) is 25.7 Å². The molecular weight excluding hydrogens is 311 g/mol. The number of fused-ring (bicyclic) bond motifs is 2. The molecule has 0 unspecified atom stereocenters. The fourth-order valence-corrected chi connectivity index (χ4v) is 3.07. The minimum atomic E-state index is -0.328. The van der Waals surface area contributed by atoms with Crippen LogP contribution in [0.2, 0.25) is 0 Å². The van der Waals surface area contributed by atoms with E-state index in [2.05, 4.69) is 4.98 Å². The molecule has 0 radical (unpaired) electrons. The molecule has 0 saturated heterocycles. The van der Waals surface area contributed by atoms with Gasteiger partial charge in [0.2, 0.25) is 0 Å². The molecule has 1 aliphatic rings. The van der Waals surface area contributed by atoms with Gasteiger partial charge in [-0.05, 0) is 41.8 Å². The molecule has 3 aromatic rings. The number of rotatable bonds is 3. The van der Waals surface area contributed by atoms with Gasteiger partial charge in [-0.15, -0.1) is 0 Å². The fourth-order valence-electron chi connectivity index (χ4n) is 3.07. The summed E-state index contributed by atoms with van der Waals surface area (Å²) >= 11 is 0. The van der Waals surface area contributed by atoms with E-state index in [1.807, 2.05) is 17.0 Å². The molecule has 0 aliphatic carbocycles. The Hall–Kier alpha value is -2.76. The van der Waals surface area contributed by atoms with E-state index in [0.717, 1.165) is 24.3 Å². The van der Waals surface area contributed by atoms with Crippen molar-refractivity contribution in [3.05, 3.63) is 47.3 Å². The highest BCUT2D eigenvalue weighted by atomic mass is 19.1. The highest BCUT2D eigenvalue weighted by Gasteiger charge is 2.23. The lowest BCUT2D eigenvalue weighted by atomic mass is 9.99. The van der Waals surface area contributed by atoms with Gasteiger partial charge in [0.25, 0.3) is 6.01 Å². The van der Waals surface area contributed by atoms with Gasteiger partial charge < -0.3 is 18.8 Å². The van der Waals surface area contributed by atoms with E-state index in [1.165, 1.54) is 17.7 Å². The Kier molecular flexibility index (Phi) is 3.52. The van der Waals surface area contributed by atoms with Crippen LogP contribution >= 0.6 is 0 Å². The summed E-state index contributed by atoms with van der Waals surface area (Å²) in [5.41, 5.74) is 3.49. The number of benzene rings is 2. The molecule has 0 bridgehead atoms. The molecule has 1 aromatic heterocycles. The molecule has 4 rings (SSSR count). The summed E-state index contributed by atoms with van der Waals surface area (Å²) in [6, 6.07) is 8.89. The summed E-state index contributed by atoms with van der Waals surface area (Å²) in [4.78, 5) is 6.51. The van der Waals surface area contributed by atoms with Crippen LogP contribution in [0.3, 0.4) is 0 Å². The zero-order chi connectivity index (χ0) is 16.7. The molecule has 5 nitrogen and oxygen atoms in total. The number of nitrogens with zero attached hydrogens (tertiary/aromatic N) is 2. The second-order valence-corrected chi connectivity index (χ2v) is 5.76. The number of halogens is 1. The quantitative estimate of drug-likeness (QED) is 0.736. The lowest BCUT2D eigenvalue weighted by molar-refractivity contribution is 0.353. The molecule has 24 heavy (non-hydrogen) atoms. The van der Waals surface area contributed by atoms with Gasteiger partial charge in [0.05, 0.1) is 14.2 Å². The summed E-state index contributed by atoms with van der Waals surface area (Å²) < 4.78 is 29.8. The van der Waals surface area contributed by atoms with E-state index >= 15 is 0 Å². The van der Waals surface area contributed by atoms with Crippen LogP contribution in [0.15, 0.2) is 34.7 Å². The van der Waals surface area contributed by atoms with Gasteiger partial charge >= 0.3 is 0 Å². The zero-order valence-corrected chi connectivity index (χ0v) is 13.5. The Balaban J connectivity index is 1.67. The van der Waals surface area contributed by atoms with E-state index in [0.29, 0.717) is 29.4 Å². The third kappa shape index (κ3) is 2.44. The van der Waals surface area contributed by atoms with Crippen molar-refractivity contribution in [3.63, 3.8) is 0 Å². The molecule has 0 N–H and O–H groups in total. The fraction of sp³-hybridized carbons (Fsp3) is 0.278. The maximum absolute atomic E-state index is 13.3. The molecule has 0 saturated carbocycles. The summed E-state index contributed by atoms with van der Waals surface area (Å²) in [6.07, 6.45) is 0.850. The molecule has 1 aliphatic heterocycles. The Labute approximate surface area is 138 Å². The number of methoxy groups -OCH3 is 2. The minimum absolute atomic E-state index is 0.328. The molecule has 0 spiro atoms. The third-order valence-corrected chi connectivity index (χ3v) is 4.33. The number of anilines is 1.